The van der Waals surface area contributed by atoms with E-state index in [0.29, 0.717) is 0 Å². The van der Waals surface area contributed by atoms with Crippen molar-refractivity contribution in [3.05, 3.63) is 0 Å². The van der Waals surface area contributed by atoms with E-state index in [0.717, 1.165) is 0 Å². The van der Waals surface area contributed by atoms with Crippen LogP contribution in [0.25, 0.3) is 0 Å². The van der Waals surface area contributed by atoms with Gasteiger partial charge in [-0.3, -0.25) is 0 Å². The van der Waals surface area contributed by atoms with Gasteiger partial charge in [-0.1, -0.05) is 0 Å². The van der Waals surface area contributed by atoms with Crippen molar-refractivity contribution in [3.8, 4) is 0 Å². The first kappa shape index (κ1) is 21.8. The molecule has 0 spiro atoms. The number of hydrogen-bond acceptors (Lipinski definition) is 0. The summed E-state index contributed by atoms with van der Waals surface area (Å²) in [7, 11) is 0. The molecule has 0 heterocycles. The van der Waals surface area contributed by atoms with Gasteiger partial charge in [-0.15, -0.1) is 0 Å². The third-order valence-corrected chi connectivity index (χ3v) is 0. The summed E-state index contributed by atoms with van der Waals surface area (Å²) in [6.07, 6.45) is 0. The van der Waals surface area contributed by atoms with E-state index in [1.54, 1.807) is 0 Å². The molecule has 0 bridgehead atoms. The Labute approximate surface area is 94.3 Å². The summed E-state index contributed by atoms with van der Waals surface area (Å²) >= 11 is -22.5. The summed E-state index contributed by atoms with van der Waals surface area (Å²) in [5.74, 6) is 0. The molecule has 1 radical (unpaired) electrons. The predicted octanol–water partition coefficient (Wildman–Crippen LogP) is 4.28. The van der Waals surface area contributed by atoms with E-state index in [2.05, 4.69) is 0 Å². The monoisotopic (exact) mass is 577 g/mol. The number of hydrogen-bond donors (Lipinski definition) is 0. The Balaban J connectivity index is -0.000000180. The van der Waals surface area contributed by atoms with Crippen molar-refractivity contribution >= 4 is 39.0 Å². The molecule has 15 heavy (non-hydrogen) atoms. The molecule has 0 aliphatic rings. The second kappa shape index (κ2) is 3.30. The molecule has 0 nitrogen and oxygen atoms in total. The van der Waals surface area contributed by atoms with Crippen molar-refractivity contribution in [1.82, 2.24) is 0 Å². The van der Waals surface area contributed by atoms with Gasteiger partial charge >= 0.3 is 72.7 Å². The van der Waals surface area contributed by atoms with Crippen molar-refractivity contribution in [2.24, 2.45) is 0 Å². The molecule has 107 valence electrons. The molecule has 0 saturated heterocycles. The molecule has 0 rings (SSSR count). The van der Waals surface area contributed by atoms with Gasteiger partial charge in [-0.05, 0) is 0 Å². The third-order valence-electron chi connectivity index (χ3n) is 0. The van der Waals surface area contributed by atoms with Crippen molar-refractivity contribution in [3.63, 3.8) is 0 Å². The zero-order valence-corrected chi connectivity index (χ0v) is 12.3. The maximum atomic E-state index is 9.93. The minimum atomic E-state index is -11.2. The summed E-state index contributed by atoms with van der Waals surface area (Å²) in [6.45, 7) is 0. The van der Waals surface area contributed by atoms with Gasteiger partial charge in [0, 0.05) is 22.4 Å². The summed E-state index contributed by atoms with van der Waals surface area (Å²) in [5.41, 5.74) is 0. The van der Waals surface area contributed by atoms with Crippen molar-refractivity contribution in [2.75, 3.05) is 0 Å². The predicted molar refractivity (Wildman–Crippen MR) is 24.8 cm³/mol. The van der Waals surface area contributed by atoms with E-state index in [1.807, 2.05) is 0 Å². The molecule has 0 amide bonds. The standard InChI is InChI=1S/Ag.12FH.2Sb/h;12*1H;;/q;;;;;;;;;;;;;2*+5/p-12. The Kier molecular flexibility index (Phi) is 4.79. The molecule has 0 saturated carbocycles. The molecule has 0 N–H and O–H groups in total. The van der Waals surface area contributed by atoms with Crippen LogP contribution in [0.5, 0.6) is 0 Å². The zero-order chi connectivity index (χ0) is 12.8. The van der Waals surface area contributed by atoms with E-state index in [4.69, 9.17) is 0 Å². The number of halogens is 12. The van der Waals surface area contributed by atoms with Crippen molar-refractivity contribution < 1.29 is 56.1 Å². The first-order valence-corrected chi connectivity index (χ1v) is 13.6. The van der Waals surface area contributed by atoms with E-state index in [1.165, 1.54) is 0 Å². The van der Waals surface area contributed by atoms with Crippen LogP contribution in [0, 0.1) is 0 Å². The fraction of sp³-hybridized carbons (Fsp3) is 0. The van der Waals surface area contributed by atoms with Crippen LogP contribution in [0.3, 0.4) is 0 Å². The van der Waals surface area contributed by atoms with E-state index >= 15 is 0 Å². The Hall–Kier alpha value is 1.54. The third kappa shape index (κ3) is 1210. The molecule has 0 aromatic heterocycles. The van der Waals surface area contributed by atoms with E-state index in [9.17, 15) is 33.8 Å². The summed E-state index contributed by atoms with van der Waals surface area (Å²) in [5, 5.41) is 0. The molecule has 0 unspecified atom stereocenters. The zero-order valence-electron chi connectivity index (χ0n) is 5.73. The second-order valence-corrected chi connectivity index (χ2v) is 12.9. The molecule has 0 aromatic rings. The molecule has 0 atom stereocenters. The Morgan fingerprint density at radius 2 is 0.333 bits per heavy atom. The van der Waals surface area contributed by atoms with Gasteiger partial charge in [-0.2, -0.15) is 0 Å². The van der Waals surface area contributed by atoms with Crippen LogP contribution in [0.2, 0.25) is 0 Å². The second-order valence-electron chi connectivity index (χ2n) is 1.92. The van der Waals surface area contributed by atoms with Gasteiger partial charge in [0.25, 0.3) is 0 Å². The van der Waals surface area contributed by atoms with E-state index < -0.39 is 39.0 Å². The molecule has 0 aromatic carbocycles. The van der Waals surface area contributed by atoms with Crippen LogP contribution < -0.4 is 0 Å². The summed E-state index contributed by atoms with van der Waals surface area (Å²) in [6, 6.07) is 0. The van der Waals surface area contributed by atoms with Crippen LogP contribution in [0.4, 0.5) is 33.8 Å². The fourth-order valence-corrected chi connectivity index (χ4v) is 0. The minimum absolute atomic E-state index is 0. The van der Waals surface area contributed by atoms with Gasteiger partial charge in [0.05, 0.1) is 0 Å². The van der Waals surface area contributed by atoms with Crippen molar-refractivity contribution in [1.29, 1.82) is 0 Å². The maximum absolute atomic E-state index is 11.2. The van der Waals surface area contributed by atoms with Crippen molar-refractivity contribution in [2.45, 2.75) is 0 Å². The molecule has 0 aliphatic heterocycles. The number of rotatable bonds is 0. The van der Waals surface area contributed by atoms with Crippen LogP contribution in [-0.2, 0) is 22.4 Å². The molecule has 15 heteroatoms. The van der Waals surface area contributed by atoms with Gasteiger partial charge < -0.3 is 0 Å². The van der Waals surface area contributed by atoms with E-state index in [-0.39, 0.29) is 22.4 Å². The van der Waals surface area contributed by atoms with Gasteiger partial charge in [0.2, 0.25) is 0 Å². The SMILES string of the molecule is [Ag].[F][Sb-]([F])([F])([F])([F])[F].[F][Sb-]([F])([F])([F])([F])[F]. The fourth-order valence-electron chi connectivity index (χ4n) is 0. The molecule has 0 aliphatic carbocycles. The van der Waals surface area contributed by atoms with Crippen LogP contribution in [-0.4, -0.2) is 39.0 Å². The topological polar surface area (TPSA) is 0 Å². The summed E-state index contributed by atoms with van der Waals surface area (Å²) < 4.78 is 119. The Morgan fingerprint density at radius 1 is 0.333 bits per heavy atom. The average Bonchev–Trinajstić information content (AvgIpc) is 0.938. The first-order chi connectivity index (χ1) is 4.90. The molecular formula is AgF12Sb2-2. The van der Waals surface area contributed by atoms with Gasteiger partial charge in [0.15, 0.2) is 0 Å². The Morgan fingerprint density at radius 3 is 0.333 bits per heavy atom. The van der Waals surface area contributed by atoms with Gasteiger partial charge in [-0.25, -0.2) is 0 Å². The Bertz CT molecular complexity index is 161. The van der Waals surface area contributed by atoms with Gasteiger partial charge in [0.1, 0.15) is 0 Å². The quantitative estimate of drug-likeness (QED) is 0.297. The average molecular weight is 579 g/mol. The van der Waals surface area contributed by atoms with Crippen LogP contribution >= 0.6 is 0 Å². The summed E-state index contributed by atoms with van der Waals surface area (Å²) in [4.78, 5) is 0. The molecule has 0 fully saturated rings. The normalized spacial score (nSPS) is 21.6. The van der Waals surface area contributed by atoms with Crippen LogP contribution in [0.15, 0.2) is 0 Å². The van der Waals surface area contributed by atoms with Crippen LogP contribution in [0.1, 0.15) is 0 Å². The molecular weight excluding hydrogens is 579 g/mol. The first-order valence-electron chi connectivity index (χ1n) is 2.03.